The number of hydrogen-bond acceptors (Lipinski definition) is 4. The Balaban J connectivity index is 1.62. The van der Waals surface area contributed by atoms with Gasteiger partial charge in [-0.05, 0) is 44.0 Å². The Morgan fingerprint density at radius 3 is 2.41 bits per heavy atom. The first kappa shape index (κ1) is 20.5. The summed E-state index contributed by atoms with van der Waals surface area (Å²) in [6.45, 7) is 6.03. The predicted molar refractivity (Wildman–Crippen MR) is 112 cm³/mol. The SMILES string of the molecule is CC(C)(C)OC(=O)NC(Cc1ccc(OCc2ccccc2)cc1)c1ncc[nH]1. The van der Waals surface area contributed by atoms with Gasteiger partial charge in [-0.1, -0.05) is 42.5 Å². The van der Waals surface area contributed by atoms with Crippen molar-refractivity contribution in [3.05, 3.63) is 83.9 Å². The Labute approximate surface area is 171 Å². The fourth-order valence-corrected chi connectivity index (χ4v) is 2.83. The lowest BCUT2D eigenvalue weighted by Gasteiger charge is -2.23. The van der Waals surface area contributed by atoms with E-state index in [1.54, 1.807) is 12.4 Å². The van der Waals surface area contributed by atoms with E-state index in [1.807, 2.05) is 75.4 Å². The number of nitrogens with zero attached hydrogens (tertiary/aromatic N) is 1. The van der Waals surface area contributed by atoms with Crippen molar-refractivity contribution in [1.29, 1.82) is 0 Å². The number of carbonyl (C=O) groups excluding carboxylic acids is 1. The molecule has 2 N–H and O–H groups in total. The van der Waals surface area contributed by atoms with Crippen LogP contribution in [0.2, 0.25) is 0 Å². The predicted octanol–water partition coefficient (Wildman–Crippen LogP) is 4.80. The molecule has 0 saturated carbocycles. The third kappa shape index (κ3) is 6.68. The van der Waals surface area contributed by atoms with E-state index in [1.165, 1.54) is 0 Å². The van der Waals surface area contributed by atoms with Crippen molar-refractivity contribution in [2.24, 2.45) is 0 Å². The summed E-state index contributed by atoms with van der Waals surface area (Å²) in [6.07, 6.45) is 3.51. The minimum Gasteiger partial charge on any atom is -0.489 e. The number of hydrogen-bond donors (Lipinski definition) is 2. The first-order chi connectivity index (χ1) is 13.9. The van der Waals surface area contributed by atoms with E-state index in [2.05, 4.69) is 15.3 Å². The molecule has 1 heterocycles. The number of amides is 1. The van der Waals surface area contributed by atoms with Crippen LogP contribution in [0.5, 0.6) is 5.75 Å². The number of rotatable bonds is 7. The summed E-state index contributed by atoms with van der Waals surface area (Å²) in [7, 11) is 0. The summed E-state index contributed by atoms with van der Waals surface area (Å²) in [5.74, 6) is 1.48. The van der Waals surface area contributed by atoms with Crippen LogP contribution in [0, 0.1) is 0 Å². The molecule has 1 atom stereocenters. The van der Waals surface area contributed by atoms with Crippen molar-refractivity contribution in [2.75, 3.05) is 0 Å². The average Bonchev–Trinajstić information content (AvgIpc) is 3.21. The van der Waals surface area contributed by atoms with E-state index in [9.17, 15) is 4.79 Å². The molecule has 0 spiro atoms. The van der Waals surface area contributed by atoms with Crippen LogP contribution in [0.3, 0.4) is 0 Å². The zero-order valence-electron chi connectivity index (χ0n) is 17.0. The van der Waals surface area contributed by atoms with Crippen molar-refractivity contribution >= 4 is 6.09 Å². The Morgan fingerprint density at radius 2 is 1.79 bits per heavy atom. The van der Waals surface area contributed by atoms with Crippen LogP contribution in [-0.4, -0.2) is 21.7 Å². The maximum atomic E-state index is 12.2. The summed E-state index contributed by atoms with van der Waals surface area (Å²) in [5, 5.41) is 2.90. The molecule has 0 aliphatic rings. The van der Waals surface area contributed by atoms with Gasteiger partial charge in [0.2, 0.25) is 0 Å². The van der Waals surface area contributed by atoms with Gasteiger partial charge in [0.15, 0.2) is 0 Å². The lowest BCUT2D eigenvalue weighted by Crippen LogP contribution is -2.36. The standard InChI is InChI=1S/C23H27N3O3/c1-23(2,3)29-22(27)26-20(21-24-13-14-25-21)15-17-9-11-19(12-10-17)28-16-18-7-5-4-6-8-18/h4-14,20H,15-16H2,1-3H3,(H,24,25)(H,26,27). The number of ether oxygens (including phenoxy) is 2. The van der Waals surface area contributed by atoms with Gasteiger partial charge in [-0.25, -0.2) is 9.78 Å². The van der Waals surface area contributed by atoms with Crippen molar-refractivity contribution in [1.82, 2.24) is 15.3 Å². The number of carbonyl (C=O) groups is 1. The van der Waals surface area contributed by atoms with Gasteiger partial charge < -0.3 is 19.8 Å². The number of H-pyrrole nitrogens is 1. The van der Waals surface area contributed by atoms with E-state index in [0.29, 0.717) is 18.9 Å². The lowest BCUT2D eigenvalue weighted by molar-refractivity contribution is 0.0501. The number of alkyl carbamates (subject to hydrolysis) is 1. The number of imidazole rings is 1. The quantitative estimate of drug-likeness (QED) is 0.605. The van der Waals surface area contributed by atoms with Crippen LogP contribution in [0.25, 0.3) is 0 Å². The summed E-state index contributed by atoms with van der Waals surface area (Å²) in [5.41, 5.74) is 1.61. The topological polar surface area (TPSA) is 76.2 Å². The highest BCUT2D eigenvalue weighted by Crippen LogP contribution is 2.20. The average molecular weight is 393 g/mol. The largest absolute Gasteiger partial charge is 0.489 e. The van der Waals surface area contributed by atoms with Crippen LogP contribution in [-0.2, 0) is 17.8 Å². The van der Waals surface area contributed by atoms with Crippen LogP contribution >= 0.6 is 0 Å². The molecule has 1 unspecified atom stereocenters. The second-order valence-corrected chi connectivity index (χ2v) is 7.80. The molecule has 6 heteroatoms. The van der Waals surface area contributed by atoms with Gasteiger partial charge in [-0.15, -0.1) is 0 Å². The maximum Gasteiger partial charge on any atom is 0.408 e. The zero-order valence-corrected chi connectivity index (χ0v) is 17.0. The van der Waals surface area contributed by atoms with E-state index < -0.39 is 11.7 Å². The fourth-order valence-electron chi connectivity index (χ4n) is 2.83. The number of benzene rings is 2. The number of aromatic amines is 1. The molecule has 0 bridgehead atoms. The molecular formula is C23H27N3O3. The van der Waals surface area contributed by atoms with Crippen molar-refractivity contribution < 1.29 is 14.3 Å². The molecule has 0 aliphatic carbocycles. The monoisotopic (exact) mass is 393 g/mol. The van der Waals surface area contributed by atoms with Gasteiger partial charge in [0.1, 0.15) is 23.8 Å². The second kappa shape index (κ2) is 9.28. The highest BCUT2D eigenvalue weighted by atomic mass is 16.6. The summed E-state index contributed by atoms with van der Waals surface area (Å²) >= 11 is 0. The smallest absolute Gasteiger partial charge is 0.408 e. The molecule has 3 rings (SSSR count). The summed E-state index contributed by atoms with van der Waals surface area (Å²) in [6, 6.07) is 17.6. The number of aromatic nitrogens is 2. The molecule has 0 fully saturated rings. The molecule has 0 radical (unpaired) electrons. The second-order valence-electron chi connectivity index (χ2n) is 7.80. The van der Waals surface area contributed by atoms with Crippen LogP contribution in [0.15, 0.2) is 67.0 Å². The van der Waals surface area contributed by atoms with Crippen molar-refractivity contribution in [3.8, 4) is 5.75 Å². The van der Waals surface area contributed by atoms with E-state index in [4.69, 9.17) is 9.47 Å². The molecule has 3 aromatic rings. The summed E-state index contributed by atoms with van der Waals surface area (Å²) in [4.78, 5) is 19.6. The van der Waals surface area contributed by atoms with E-state index >= 15 is 0 Å². The normalized spacial score (nSPS) is 12.2. The minimum absolute atomic E-state index is 0.323. The first-order valence-electron chi connectivity index (χ1n) is 9.63. The van der Waals surface area contributed by atoms with Crippen molar-refractivity contribution in [3.63, 3.8) is 0 Å². The highest BCUT2D eigenvalue weighted by molar-refractivity contribution is 5.68. The molecule has 2 aromatic carbocycles. The maximum absolute atomic E-state index is 12.2. The molecule has 0 saturated heterocycles. The number of nitrogens with one attached hydrogen (secondary N) is 2. The third-order valence-electron chi connectivity index (χ3n) is 4.15. The van der Waals surface area contributed by atoms with E-state index in [-0.39, 0.29) is 6.04 Å². The van der Waals surface area contributed by atoms with Crippen LogP contribution in [0.1, 0.15) is 43.8 Å². The van der Waals surface area contributed by atoms with E-state index in [0.717, 1.165) is 16.9 Å². The minimum atomic E-state index is -0.560. The molecule has 6 nitrogen and oxygen atoms in total. The van der Waals surface area contributed by atoms with Crippen molar-refractivity contribution in [2.45, 2.75) is 45.4 Å². The molecule has 1 amide bonds. The van der Waals surface area contributed by atoms with Gasteiger partial charge in [-0.2, -0.15) is 0 Å². The highest BCUT2D eigenvalue weighted by Gasteiger charge is 2.22. The zero-order chi connectivity index (χ0) is 20.7. The van der Waals surface area contributed by atoms with Gasteiger partial charge in [0, 0.05) is 18.8 Å². The van der Waals surface area contributed by atoms with Gasteiger partial charge in [0.05, 0.1) is 6.04 Å². The molecule has 0 aliphatic heterocycles. The Morgan fingerprint density at radius 1 is 1.07 bits per heavy atom. The molecular weight excluding hydrogens is 366 g/mol. The van der Waals surface area contributed by atoms with Gasteiger partial charge in [0.25, 0.3) is 0 Å². The Hall–Kier alpha value is -3.28. The summed E-state index contributed by atoms with van der Waals surface area (Å²) < 4.78 is 11.2. The molecule has 29 heavy (non-hydrogen) atoms. The Kier molecular flexibility index (Phi) is 6.54. The molecule has 152 valence electrons. The Bertz CT molecular complexity index is 885. The van der Waals surface area contributed by atoms with Gasteiger partial charge in [-0.3, -0.25) is 0 Å². The van der Waals surface area contributed by atoms with Gasteiger partial charge >= 0.3 is 6.09 Å². The first-order valence-corrected chi connectivity index (χ1v) is 9.63. The molecule has 1 aromatic heterocycles. The van der Waals surface area contributed by atoms with Crippen LogP contribution < -0.4 is 10.1 Å². The lowest BCUT2D eigenvalue weighted by atomic mass is 10.1. The fraction of sp³-hybridized carbons (Fsp3) is 0.304. The van der Waals surface area contributed by atoms with Crippen LogP contribution in [0.4, 0.5) is 4.79 Å². The third-order valence-corrected chi connectivity index (χ3v) is 4.15.